The zero-order chi connectivity index (χ0) is 16.2. The third kappa shape index (κ3) is 4.06. The summed E-state index contributed by atoms with van der Waals surface area (Å²) in [5, 5.41) is 0. The number of rotatable bonds is 5. The fourth-order valence-electron chi connectivity index (χ4n) is 2.51. The molecule has 22 heavy (non-hydrogen) atoms. The van der Waals surface area contributed by atoms with Crippen LogP contribution in [0.4, 0.5) is 13.2 Å². The van der Waals surface area contributed by atoms with Crippen molar-refractivity contribution in [2.24, 2.45) is 0 Å². The van der Waals surface area contributed by atoms with Crippen LogP contribution >= 0.6 is 11.6 Å². The molecule has 0 saturated carbocycles. The van der Waals surface area contributed by atoms with Crippen molar-refractivity contribution in [2.75, 3.05) is 32.8 Å². The lowest BCUT2D eigenvalue weighted by molar-refractivity contribution is -0.138. The minimum atomic E-state index is -4.48. The van der Waals surface area contributed by atoms with Crippen molar-refractivity contribution in [3.8, 4) is 5.75 Å². The van der Waals surface area contributed by atoms with Crippen LogP contribution in [-0.4, -0.2) is 32.8 Å². The normalized spacial score (nSPS) is 18.7. The Bertz CT molecular complexity index is 506. The van der Waals surface area contributed by atoms with Gasteiger partial charge in [-0.2, -0.15) is 13.2 Å². The van der Waals surface area contributed by atoms with Gasteiger partial charge in [0, 0.05) is 12.5 Å². The van der Waals surface area contributed by atoms with E-state index in [4.69, 9.17) is 25.8 Å². The molecule has 1 aliphatic heterocycles. The molecule has 0 spiro atoms. The summed E-state index contributed by atoms with van der Waals surface area (Å²) in [4.78, 5) is 0. The van der Waals surface area contributed by atoms with E-state index in [0.717, 1.165) is 18.1 Å². The van der Waals surface area contributed by atoms with E-state index in [1.807, 2.05) is 0 Å². The Morgan fingerprint density at radius 1 is 1.36 bits per heavy atom. The van der Waals surface area contributed by atoms with Crippen LogP contribution in [-0.2, 0) is 22.1 Å². The fraction of sp³-hybridized carbons (Fsp3) is 0.600. The molecular weight excluding hydrogens is 321 g/mol. The Kier molecular flexibility index (Phi) is 5.94. The summed E-state index contributed by atoms with van der Waals surface area (Å²) in [6.07, 6.45) is -3.61. The summed E-state index contributed by atoms with van der Waals surface area (Å²) in [6.45, 7) is 0.996. The summed E-state index contributed by atoms with van der Waals surface area (Å²) in [5.74, 6) is 0.171. The highest BCUT2D eigenvalue weighted by Gasteiger charge is 2.36. The van der Waals surface area contributed by atoms with Gasteiger partial charge in [-0.3, -0.25) is 0 Å². The molecule has 0 aromatic heterocycles. The van der Waals surface area contributed by atoms with Crippen molar-refractivity contribution < 1.29 is 27.4 Å². The first-order valence-electron chi connectivity index (χ1n) is 7.00. The summed E-state index contributed by atoms with van der Waals surface area (Å²) in [6, 6.07) is 2.58. The number of hydrogen-bond donors (Lipinski definition) is 0. The number of hydrogen-bond acceptors (Lipinski definition) is 3. The van der Waals surface area contributed by atoms with Gasteiger partial charge in [-0.25, -0.2) is 0 Å². The second-order valence-electron chi connectivity index (χ2n) is 4.98. The van der Waals surface area contributed by atoms with E-state index >= 15 is 0 Å². The molecule has 0 saturated heterocycles. The topological polar surface area (TPSA) is 27.7 Å². The van der Waals surface area contributed by atoms with Gasteiger partial charge >= 0.3 is 6.18 Å². The largest absolute Gasteiger partial charge is 0.496 e. The number of aryl methyl sites for hydroxylation is 1. The minimum Gasteiger partial charge on any atom is -0.496 e. The summed E-state index contributed by atoms with van der Waals surface area (Å²) in [7, 11) is 1.24. The van der Waals surface area contributed by atoms with E-state index in [0.29, 0.717) is 31.1 Å². The predicted octanol–water partition coefficient (Wildman–Crippen LogP) is 3.97. The SMILES string of the molecule is COc1cc2c(cc1C(F)(F)F)C(COCCCl)OCCC2. The van der Waals surface area contributed by atoms with Gasteiger partial charge in [-0.05, 0) is 36.1 Å². The van der Waals surface area contributed by atoms with Crippen LogP contribution < -0.4 is 4.74 Å². The fourth-order valence-corrected chi connectivity index (χ4v) is 2.62. The van der Waals surface area contributed by atoms with E-state index in [1.54, 1.807) is 0 Å². The molecule has 2 rings (SSSR count). The van der Waals surface area contributed by atoms with Crippen LogP contribution in [0.2, 0.25) is 0 Å². The standard InChI is InChI=1S/C15H18ClF3O3/c1-20-13-7-10-3-2-5-22-14(9-21-6-4-16)11(10)8-12(13)15(17,18)19/h7-8,14H,2-6,9H2,1H3. The third-order valence-electron chi connectivity index (χ3n) is 3.51. The number of alkyl halides is 4. The van der Waals surface area contributed by atoms with Crippen molar-refractivity contribution in [3.05, 3.63) is 28.8 Å². The number of benzene rings is 1. The molecule has 1 aliphatic rings. The minimum absolute atomic E-state index is 0.159. The van der Waals surface area contributed by atoms with Crippen LogP contribution in [0.15, 0.2) is 12.1 Å². The molecular formula is C15H18ClF3O3. The smallest absolute Gasteiger partial charge is 0.419 e. The van der Waals surface area contributed by atoms with Gasteiger partial charge in [-0.15, -0.1) is 11.6 Å². The molecule has 7 heteroatoms. The number of fused-ring (bicyclic) bond motifs is 1. The number of methoxy groups -OCH3 is 1. The van der Waals surface area contributed by atoms with Gasteiger partial charge in [0.1, 0.15) is 11.9 Å². The molecule has 0 aliphatic carbocycles. The molecule has 0 fully saturated rings. The highest BCUT2D eigenvalue weighted by atomic mass is 35.5. The first-order valence-corrected chi connectivity index (χ1v) is 7.54. The molecule has 1 aromatic carbocycles. The number of ether oxygens (including phenoxy) is 3. The second-order valence-corrected chi connectivity index (χ2v) is 5.35. The van der Waals surface area contributed by atoms with Crippen molar-refractivity contribution in [2.45, 2.75) is 25.1 Å². The first-order chi connectivity index (χ1) is 10.5. The van der Waals surface area contributed by atoms with Gasteiger partial charge in [-0.1, -0.05) is 0 Å². The molecule has 0 radical (unpaired) electrons. The lowest BCUT2D eigenvalue weighted by Crippen LogP contribution is -2.15. The Labute approximate surface area is 132 Å². The van der Waals surface area contributed by atoms with E-state index < -0.39 is 17.8 Å². The van der Waals surface area contributed by atoms with Crippen molar-refractivity contribution >= 4 is 11.6 Å². The van der Waals surface area contributed by atoms with Crippen LogP contribution in [0.5, 0.6) is 5.75 Å². The summed E-state index contributed by atoms with van der Waals surface area (Å²) < 4.78 is 55.4. The summed E-state index contributed by atoms with van der Waals surface area (Å²) in [5.41, 5.74) is 0.531. The molecule has 1 atom stereocenters. The lowest BCUT2D eigenvalue weighted by Gasteiger charge is -2.21. The molecule has 0 bridgehead atoms. The highest BCUT2D eigenvalue weighted by molar-refractivity contribution is 6.17. The Hall–Kier alpha value is -0.980. The van der Waals surface area contributed by atoms with Crippen molar-refractivity contribution in [1.82, 2.24) is 0 Å². The average Bonchev–Trinajstić information content (AvgIpc) is 2.67. The Morgan fingerprint density at radius 3 is 2.77 bits per heavy atom. The Morgan fingerprint density at radius 2 is 2.14 bits per heavy atom. The molecule has 1 aromatic rings. The van der Waals surface area contributed by atoms with E-state index in [2.05, 4.69) is 0 Å². The van der Waals surface area contributed by atoms with E-state index in [9.17, 15) is 13.2 Å². The maximum absolute atomic E-state index is 13.2. The van der Waals surface area contributed by atoms with Crippen LogP contribution in [0.3, 0.4) is 0 Å². The van der Waals surface area contributed by atoms with Gasteiger partial charge < -0.3 is 14.2 Å². The van der Waals surface area contributed by atoms with E-state index in [-0.39, 0.29) is 12.4 Å². The van der Waals surface area contributed by atoms with Crippen LogP contribution in [0, 0.1) is 0 Å². The molecule has 0 N–H and O–H groups in total. The average molecular weight is 339 g/mol. The lowest BCUT2D eigenvalue weighted by atomic mass is 9.96. The predicted molar refractivity (Wildman–Crippen MR) is 76.5 cm³/mol. The molecule has 3 nitrogen and oxygen atoms in total. The van der Waals surface area contributed by atoms with Gasteiger partial charge in [0.25, 0.3) is 0 Å². The van der Waals surface area contributed by atoms with Crippen molar-refractivity contribution in [3.63, 3.8) is 0 Å². The molecule has 1 heterocycles. The van der Waals surface area contributed by atoms with Crippen LogP contribution in [0.25, 0.3) is 0 Å². The number of halogens is 4. The van der Waals surface area contributed by atoms with E-state index in [1.165, 1.54) is 13.2 Å². The van der Waals surface area contributed by atoms with Crippen LogP contribution in [0.1, 0.15) is 29.2 Å². The monoisotopic (exact) mass is 338 g/mol. The first kappa shape index (κ1) is 17.4. The maximum atomic E-state index is 13.2. The second kappa shape index (κ2) is 7.53. The maximum Gasteiger partial charge on any atom is 0.419 e. The Balaban J connectivity index is 2.38. The highest BCUT2D eigenvalue weighted by Crippen LogP contribution is 2.40. The quantitative estimate of drug-likeness (QED) is 0.600. The molecule has 1 unspecified atom stereocenters. The molecule has 0 amide bonds. The van der Waals surface area contributed by atoms with Gasteiger partial charge in [0.15, 0.2) is 0 Å². The molecule has 124 valence electrons. The van der Waals surface area contributed by atoms with Gasteiger partial charge in [0.2, 0.25) is 0 Å². The zero-order valence-corrected chi connectivity index (χ0v) is 13.0. The zero-order valence-electron chi connectivity index (χ0n) is 12.2. The third-order valence-corrected chi connectivity index (χ3v) is 3.67. The van der Waals surface area contributed by atoms with Crippen molar-refractivity contribution in [1.29, 1.82) is 0 Å². The van der Waals surface area contributed by atoms with Gasteiger partial charge in [0.05, 0.1) is 25.9 Å². The summed E-state index contributed by atoms with van der Waals surface area (Å²) >= 11 is 5.55.